The molecule has 1 amide bonds. The molecule has 0 radical (unpaired) electrons. The summed E-state index contributed by atoms with van der Waals surface area (Å²) >= 11 is 7.74. The first-order chi connectivity index (χ1) is 16.3. The van der Waals surface area contributed by atoms with Crippen molar-refractivity contribution in [3.8, 4) is 11.4 Å². The molecule has 2 N–H and O–H groups in total. The summed E-state index contributed by atoms with van der Waals surface area (Å²) in [5, 5.41) is 14.9. The molecule has 0 unspecified atom stereocenters. The molecule has 0 bridgehead atoms. The lowest BCUT2D eigenvalue weighted by Gasteiger charge is -2.14. The number of benzene rings is 3. The van der Waals surface area contributed by atoms with Gasteiger partial charge >= 0.3 is 0 Å². The fraction of sp³-hybridized carbons (Fsp3) is 0.0833. The van der Waals surface area contributed by atoms with Crippen LogP contribution >= 0.6 is 43.6 Å². The number of carbonyl (C=O) groups is 1. The van der Waals surface area contributed by atoms with Crippen molar-refractivity contribution in [1.82, 2.24) is 15.0 Å². The van der Waals surface area contributed by atoms with Crippen LogP contribution in [0.5, 0.6) is 5.75 Å². The minimum atomic E-state index is -0.381. The van der Waals surface area contributed by atoms with E-state index in [1.165, 1.54) is 10.8 Å². The van der Waals surface area contributed by atoms with Crippen LogP contribution in [0.4, 0.5) is 0 Å². The summed E-state index contributed by atoms with van der Waals surface area (Å²) in [6, 6.07) is 18.0. The van der Waals surface area contributed by atoms with Gasteiger partial charge in [0.25, 0.3) is 11.5 Å². The molecule has 0 saturated heterocycles. The minimum absolute atomic E-state index is 0.0117. The Morgan fingerprint density at radius 3 is 2.71 bits per heavy atom. The quantitative estimate of drug-likeness (QED) is 0.138. The van der Waals surface area contributed by atoms with Gasteiger partial charge in [0.2, 0.25) is 0 Å². The first kappa shape index (κ1) is 24.2. The normalized spacial score (nSPS) is 11.3. The van der Waals surface area contributed by atoms with E-state index in [0.717, 1.165) is 21.8 Å². The highest BCUT2D eigenvalue weighted by atomic mass is 79.9. The van der Waals surface area contributed by atoms with E-state index in [9.17, 15) is 14.7 Å². The van der Waals surface area contributed by atoms with Crippen molar-refractivity contribution in [1.29, 1.82) is 0 Å². The number of fused-ring (bicyclic) bond motifs is 1. The van der Waals surface area contributed by atoms with E-state index in [4.69, 9.17) is 0 Å². The Bertz CT molecular complexity index is 1490. The number of aryl methyl sites for hydroxylation is 1. The Morgan fingerprint density at radius 2 is 1.91 bits per heavy atom. The van der Waals surface area contributed by atoms with Crippen molar-refractivity contribution in [2.75, 3.05) is 5.75 Å². The van der Waals surface area contributed by atoms with Crippen LogP contribution in [0.15, 0.2) is 84.7 Å². The number of amides is 1. The SMILES string of the molecule is Cc1ccccc1-n1c(SCC(=O)N/N=C/c2cc(Br)cc(Br)c2O)nc2ccccc2c1=O. The molecule has 0 fully saturated rings. The van der Waals surface area contributed by atoms with Crippen LogP contribution in [0.2, 0.25) is 0 Å². The molecule has 34 heavy (non-hydrogen) atoms. The summed E-state index contributed by atoms with van der Waals surface area (Å²) in [5.41, 5.74) is 4.86. The highest BCUT2D eigenvalue weighted by Gasteiger charge is 2.16. The molecular weight excluding hydrogens is 584 g/mol. The number of thioether (sulfide) groups is 1. The van der Waals surface area contributed by atoms with Gasteiger partial charge in [-0.05, 0) is 58.7 Å². The number of nitrogens with zero attached hydrogens (tertiary/aromatic N) is 3. The average Bonchev–Trinajstić information content (AvgIpc) is 2.81. The molecular formula is C24H18Br2N4O3S. The number of para-hydroxylation sites is 2. The predicted molar refractivity (Wildman–Crippen MR) is 142 cm³/mol. The van der Waals surface area contributed by atoms with Crippen molar-refractivity contribution in [3.05, 3.63) is 91.1 Å². The van der Waals surface area contributed by atoms with Crippen molar-refractivity contribution in [2.45, 2.75) is 12.1 Å². The fourth-order valence-corrected chi connectivity index (χ4v) is 5.31. The lowest BCUT2D eigenvalue weighted by atomic mass is 10.2. The van der Waals surface area contributed by atoms with Gasteiger partial charge in [0.15, 0.2) is 5.16 Å². The third kappa shape index (κ3) is 5.24. The Morgan fingerprint density at radius 1 is 1.18 bits per heavy atom. The van der Waals surface area contributed by atoms with Gasteiger partial charge in [-0.25, -0.2) is 10.4 Å². The third-order valence-electron chi connectivity index (χ3n) is 4.88. The number of phenols is 1. The van der Waals surface area contributed by atoms with Crippen LogP contribution in [0.3, 0.4) is 0 Å². The van der Waals surface area contributed by atoms with E-state index in [0.29, 0.717) is 31.8 Å². The van der Waals surface area contributed by atoms with E-state index in [1.807, 2.05) is 37.3 Å². The van der Waals surface area contributed by atoms with Gasteiger partial charge in [0.05, 0.1) is 33.0 Å². The Kier molecular flexibility index (Phi) is 7.50. The second-order valence-corrected chi connectivity index (χ2v) is 9.96. The van der Waals surface area contributed by atoms with Crippen LogP contribution < -0.4 is 11.0 Å². The summed E-state index contributed by atoms with van der Waals surface area (Å²) < 4.78 is 2.79. The molecule has 10 heteroatoms. The van der Waals surface area contributed by atoms with Crippen LogP contribution in [-0.4, -0.2) is 32.5 Å². The molecule has 4 aromatic rings. The molecule has 0 spiro atoms. The summed E-state index contributed by atoms with van der Waals surface area (Å²) in [4.78, 5) is 30.4. The third-order valence-corrected chi connectivity index (χ3v) is 6.89. The number of aromatic hydroxyl groups is 1. The van der Waals surface area contributed by atoms with Gasteiger partial charge in [0.1, 0.15) is 5.75 Å². The first-order valence-corrected chi connectivity index (χ1v) is 12.6. The molecule has 3 aromatic carbocycles. The maximum absolute atomic E-state index is 13.3. The van der Waals surface area contributed by atoms with Crippen molar-refractivity contribution >= 4 is 66.6 Å². The van der Waals surface area contributed by atoms with Crippen LogP contribution in [-0.2, 0) is 4.79 Å². The fourth-order valence-electron chi connectivity index (χ4n) is 3.26. The number of hydrogen-bond donors (Lipinski definition) is 2. The summed E-state index contributed by atoms with van der Waals surface area (Å²) in [7, 11) is 0. The van der Waals surface area contributed by atoms with E-state index in [1.54, 1.807) is 30.3 Å². The standard InChI is InChI=1S/C24H18Br2N4O3S/c1-14-6-2-5-9-20(14)30-23(33)17-7-3-4-8-19(17)28-24(30)34-13-21(31)29-27-12-15-10-16(25)11-18(26)22(15)32/h2-12,32H,13H2,1H3,(H,29,31)/b27-12+. The molecule has 0 saturated carbocycles. The number of hydrogen-bond acceptors (Lipinski definition) is 6. The Hall–Kier alpha value is -2.95. The van der Waals surface area contributed by atoms with Crippen molar-refractivity contribution in [3.63, 3.8) is 0 Å². The number of carbonyl (C=O) groups excluding carboxylic acids is 1. The molecule has 0 aliphatic rings. The highest BCUT2D eigenvalue weighted by Crippen LogP contribution is 2.30. The lowest BCUT2D eigenvalue weighted by Crippen LogP contribution is -2.24. The number of halogens is 2. The summed E-state index contributed by atoms with van der Waals surface area (Å²) in [6.07, 6.45) is 1.35. The minimum Gasteiger partial charge on any atom is -0.506 e. The topological polar surface area (TPSA) is 96.6 Å². The van der Waals surface area contributed by atoms with Gasteiger partial charge in [-0.3, -0.25) is 14.2 Å². The second-order valence-electron chi connectivity index (χ2n) is 7.25. The van der Waals surface area contributed by atoms with Gasteiger partial charge in [-0.15, -0.1) is 0 Å². The molecule has 7 nitrogen and oxygen atoms in total. The van der Waals surface area contributed by atoms with Gasteiger partial charge in [0, 0.05) is 10.0 Å². The lowest BCUT2D eigenvalue weighted by molar-refractivity contribution is -0.118. The molecule has 4 rings (SSSR count). The second kappa shape index (κ2) is 10.5. The molecule has 1 aromatic heterocycles. The maximum Gasteiger partial charge on any atom is 0.266 e. The summed E-state index contributed by atoms with van der Waals surface area (Å²) in [5.74, 6) is -0.381. The van der Waals surface area contributed by atoms with E-state index >= 15 is 0 Å². The smallest absolute Gasteiger partial charge is 0.266 e. The predicted octanol–water partition coefficient (Wildman–Crippen LogP) is 5.17. The van der Waals surface area contributed by atoms with E-state index < -0.39 is 0 Å². The van der Waals surface area contributed by atoms with E-state index in [2.05, 4.69) is 47.4 Å². The first-order valence-electron chi connectivity index (χ1n) is 10.1. The largest absolute Gasteiger partial charge is 0.506 e. The van der Waals surface area contributed by atoms with Crippen LogP contribution in [0, 0.1) is 6.92 Å². The average molecular weight is 602 g/mol. The molecule has 0 aliphatic heterocycles. The van der Waals surface area contributed by atoms with Crippen LogP contribution in [0.1, 0.15) is 11.1 Å². The monoisotopic (exact) mass is 600 g/mol. The number of nitrogens with one attached hydrogen (secondary N) is 1. The number of rotatable bonds is 6. The Balaban J connectivity index is 1.58. The Labute approximate surface area is 216 Å². The zero-order valence-corrected chi connectivity index (χ0v) is 21.8. The number of hydrazone groups is 1. The zero-order chi connectivity index (χ0) is 24.2. The van der Waals surface area contributed by atoms with Crippen LogP contribution in [0.25, 0.3) is 16.6 Å². The number of aromatic nitrogens is 2. The van der Waals surface area contributed by atoms with Crippen molar-refractivity contribution < 1.29 is 9.90 Å². The van der Waals surface area contributed by atoms with Gasteiger partial charge in [-0.1, -0.05) is 58.0 Å². The van der Waals surface area contributed by atoms with Crippen molar-refractivity contribution in [2.24, 2.45) is 5.10 Å². The molecule has 172 valence electrons. The summed E-state index contributed by atoms with van der Waals surface area (Å²) in [6.45, 7) is 1.92. The van der Waals surface area contributed by atoms with Gasteiger partial charge in [-0.2, -0.15) is 5.10 Å². The maximum atomic E-state index is 13.3. The van der Waals surface area contributed by atoms with Gasteiger partial charge < -0.3 is 5.11 Å². The molecule has 0 atom stereocenters. The number of phenolic OH excluding ortho intramolecular Hbond substituents is 1. The van der Waals surface area contributed by atoms with E-state index in [-0.39, 0.29) is 23.0 Å². The molecule has 0 aliphatic carbocycles. The zero-order valence-electron chi connectivity index (χ0n) is 17.8. The highest BCUT2D eigenvalue weighted by molar-refractivity contribution is 9.11. The molecule has 1 heterocycles.